The van der Waals surface area contributed by atoms with Crippen molar-refractivity contribution in [2.75, 3.05) is 12.4 Å². The molecule has 1 amide bonds. The first-order chi connectivity index (χ1) is 12.7. The minimum atomic E-state index is -0.541. The third-order valence-corrected chi connectivity index (χ3v) is 4.58. The maximum Gasteiger partial charge on any atom is 0.232 e. The number of carbonyl (C=O) groups excluding carboxylic acids is 1. The molecule has 2 aromatic heterocycles. The minimum absolute atomic E-state index is 0.160. The van der Waals surface area contributed by atoms with Crippen LogP contribution in [0.5, 0.6) is 5.75 Å². The number of ether oxygens (including phenoxy) is 1. The van der Waals surface area contributed by atoms with E-state index in [1.54, 1.807) is 7.11 Å². The van der Waals surface area contributed by atoms with E-state index in [0.29, 0.717) is 17.2 Å². The second kappa shape index (κ2) is 7.19. The molecule has 0 aliphatic rings. The van der Waals surface area contributed by atoms with Gasteiger partial charge >= 0.3 is 0 Å². The Morgan fingerprint density at radius 2 is 1.89 bits per heavy atom. The predicted octanol–water partition coefficient (Wildman–Crippen LogP) is 4.43. The van der Waals surface area contributed by atoms with Crippen molar-refractivity contribution < 1.29 is 9.53 Å². The summed E-state index contributed by atoms with van der Waals surface area (Å²) in [5, 5.41) is 3.05. The maximum atomic E-state index is 12.2. The molecule has 1 N–H and O–H groups in total. The molecule has 2 heterocycles. The number of nitrogens with zero attached hydrogens (tertiary/aromatic N) is 3. The summed E-state index contributed by atoms with van der Waals surface area (Å²) in [4.78, 5) is 20.9. The van der Waals surface area contributed by atoms with Crippen molar-refractivity contribution in [3.8, 4) is 5.75 Å². The fraction of sp³-hybridized carbons (Fsp3) is 0.350. The number of nitrogens with one attached hydrogen (secondary N) is 1. The highest BCUT2D eigenvalue weighted by molar-refractivity contribution is 6.33. The standard InChI is InChI=1S/C20H23ClN4O2/c1-12-10-15-16(25(12)11-13-6-8-14(27-5)9-7-13)17(21)23-19(22-15)24-18(26)20(2,3)4/h6-10H,11H2,1-5H3,(H,22,23,24,26). The number of aromatic nitrogens is 3. The summed E-state index contributed by atoms with van der Waals surface area (Å²) in [6.07, 6.45) is 0. The van der Waals surface area contributed by atoms with Crippen LogP contribution in [0.25, 0.3) is 11.0 Å². The van der Waals surface area contributed by atoms with Gasteiger partial charge in [0, 0.05) is 17.7 Å². The Kier molecular flexibility index (Phi) is 5.11. The number of carbonyl (C=O) groups is 1. The molecule has 0 spiro atoms. The zero-order valence-corrected chi connectivity index (χ0v) is 16.9. The number of fused-ring (bicyclic) bond motifs is 1. The van der Waals surface area contributed by atoms with Gasteiger partial charge in [-0.25, -0.2) is 4.98 Å². The summed E-state index contributed by atoms with van der Waals surface area (Å²) >= 11 is 6.45. The number of amides is 1. The monoisotopic (exact) mass is 386 g/mol. The van der Waals surface area contributed by atoms with Crippen molar-refractivity contribution in [2.45, 2.75) is 34.2 Å². The Hall–Kier alpha value is -2.60. The van der Waals surface area contributed by atoms with Gasteiger partial charge in [0.25, 0.3) is 0 Å². The average Bonchev–Trinajstić information content (AvgIpc) is 2.90. The molecule has 0 bridgehead atoms. The van der Waals surface area contributed by atoms with Gasteiger partial charge in [0.1, 0.15) is 11.3 Å². The minimum Gasteiger partial charge on any atom is -0.497 e. The van der Waals surface area contributed by atoms with E-state index in [-0.39, 0.29) is 11.9 Å². The fourth-order valence-electron chi connectivity index (χ4n) is 2.71. The molecule has 1 aromatic carbocycles. The van der Waals surface area contributed by atoms with Gasteiger partial charge in [-0.05, 0) is 30.7 Å². The lowest BCUT2D eigenvalue weighted by molar-refractivity contribution is -0.123. The summed E-state index contributed by atoms with van der Waals surface area (Å²) in [6, 6.07) is 9.82. The lowest BCUT2D eigenvalue weighted by Crippen LogP contribution is -2.28. The first-order valence-electron chi connectivity index (χ1n) is 8.67. The second-order valence-corrected chi connectivity index (χ2v) is 7.85. The van der Waals surface area contributed by atoms with E-state index in [4.69, 9.17) is 16.3 Å². The number of halogens is 1. The average molecular weight is 387 g/mol. The molecule has 3 rings (SSSR count). The van der Waals surface area contributed by atoms with E-state index in [0.717, 1.165) is 22.5 Å². The van der Waals surface area contributed by atoms with Crippen LogP contribution < -0.4 is 10.1 Å². The summed E-state index contributed by atoms with van der Waals surface area (Å²) in [7, 11) is 1.64. The molecule has 142 valence electrons. The van der Waals surface area contributed by atoms with E-state index >= 15 is 0 Å². The van der Waals surface area contributed by atoms with Gasteiger partial charge in [-0.15, -0.1) is 0 Å². The largest absolute Gasteiger partial charge is 0.497 e. The van der Waals surface area contributed by atoms with Crippen molar-refractivity contribution in [3.05, 3.63) is 46.7 Å². The highest BCUT2D eigenvalue weighted by atomic mass is 35.5. The van der Waals surface area contributed by atoms with Crippen LogP contribution in [0, 0.1) is 12.3 Å². The molecule has 0 aliphatic heterocycles. The summed E-state index contributed by atoms with van der Waals surface area (Å²) in [6.45, 7) is 8.12. The number of hydrogen-bond acceptors (Lipinski definition) is 4. The molecule has 0 saturated heterocycles. The predicted molar refractivity (Wildman–Crippen MR) is 107 cm³/mol. The van der Waals surface area contributed by atoms with E-state index < -0.39 is 5.41 Å². The highest BCUT2D eigenvalue weighted by Crippen LogP contribution is 2.27. The first kappa shape index (κ1) is 19.2. The topological polar surface area (TPSA) is 69.0 Å². The van der Waals surface area contributed by atoms with Crippen LogP contribution in [0.4, 0.5) is 5.95 Å². The van der Waals surface area contributed by atoms with Crippen LogP contribution in [-0.2, 0) is 11.3 Å². The smallest absolute Gasteiger partial charge is 0.232 e. The Bertz CT molecular complexity index is 988. The van der Waals surface area contributed by atoms with Gasteiger partial charge in [0.05, 0.1) is 12.6 Å². The zero-order chi connectivity index (χ0) is 19.8. The van der Waals surface area contributed by atoms with E-state index in [2.05, 4.69) is 19.9 Å². The molecular formula is C20H23ClN4O2. The van der Waals surface area contributed by atoms with Crippen molar-refractivity contribution in [2.24, 2.45) is 5.41 Å². The van der Waals surface area contributed by atoms with Crippen LogP contribution in [0.1, 0.15) is 32.0 Å². The third kappa shape index (κ3) is 4.06. The normalized spacial score (nSPS) is 11.6. The lowest BCUT2D eigenvalue weighted by atomic mass is 9.96. The van der Waals surface area contributed by atoms with Crippen molar-refractivity contribution in [1.29, 1.82) is 0 Å². The van der Waals surface area contributed by atoms with Gasteiger partial charge in [0.15, 0.2) is 5.15 Å². The van der Waals surface area contributed by atoms with Gasteiger partial charge in [-0.2, -0.15) is 4.98 Å². The van der Waals surface area contributed by atoms with Crippen LogP contribution in [-0.4, -0.2) is 27.6 Å². The van der Waals surface area contributed by atoms with Gasteiger partial charge in [-0.1, -0.05) is 44.5 Å². The molecular weight excluding hydrogens is 364 g/mol. The van der Waals surface area contributed by atoms with E-state index in [9.17, 15) is 4.79 Å². The van der Waals surface area contributed by atoms with Gasteiger partial charge < -0.3 is 9.30 Å². The Balaban J connectivity index is 1.95. The van der Waals surface area contributed by atoms with Gasteiger partial charge in [0.2, 0.25) is 11.9 Å². The molecule has 7 heteroatoms. The second-order valence-electron chi connectivity index (χ2n) is 7.50. The SMILES string of the molecule is COc1ccc(Cn2c(C)cc3nc(NC(=O)C(C)(C)C)nc(Cl)c32)cc1. The number of anilines is 1. The molecule has 0 fully saturated rings. The number of methoxy groups -OCH3 is 1. The molecule has 27 heavy (non-hydrogen) atoms. The van der Waals surface area contributed by atoms with Crippen LogP contribution >= 0.6 is 11.6 Å². The first-order valence-corrected chi connectivity index (χ1v) is 9.04. The molecule has 0 radical (unpaired) electrons. The molecule has 6 nitrogen and oxygen atoms in total. The van der Waals surface area contributed by atoms with Crippen LogP contribution in [0.2, 0.25) is 5.15 Å². The van der Waals surface area contributed by atoms with Crippen LogP contribution in [0.3, 0.4) is 0 Å². The zero-order valence-electron chi connectivity index (χ0n) is 16.1. The number of benzene rings is 1. The highest BCUT2D eigenvalue weighted by Gasteiger charge is 2.23. The summed E-state index contributed by atoms with van der Waals surface area (Å²) < 4.78 is 7.27. The van der Waals surface area contributed by atoms with Crippen molar-refractivity contribution >= 4 is 34.5 Å². The number of aryl methyl sites for hydroxylation is 1. The number of hydrogen-bond donors (Lipinski definition) is 1. The molecule has 3 aromatic rings. The van der Waals surface area contributed by atoms with E-state index in [1.807, 2.05) is 58.0 Å². The lowest BCUT2D eigenvalue weighted by Gasteiger charge is -2.17. The van der Waals surface area contributed by atoms with Crippen molar-refractivity contribution in [1.82, 2.24) is 14.5 Å². The van der Waals surface area contributed by atoms with Crippen LogP contribution in [0.15, 0.2) is 30.3 Å². The van der Waals surface area contributed by atoms with E-state index in [1.165, 1.54) is 0 Å². The quantitative estimate of drug-likeness (QED) is 0.673. The Labute approximate surface area is 163 Å². The number of rotatable bonds is 4. The summed E-state index contributed by atoms with van der Waals surface area (Å²) in [5.74, 6) is 0.870. The maximum absolute atomic E-state index is 12.2. The Morgan fingerprint density at radius 1 is 1.22 bits per heavy atom. The van der Waals surface area contributed by atoms with Gasteiger partial charge in [-0.3, -0.25) is 10.1 Å². The third-order valence-electron chi connectivity index (χ3n) is 4.32. The summed E-state index contributed by atoms with van der Waals surface area (Å²) in [5.41, 5.74) is 3.03. The molecule has 0 atom stereocenters. The molecule has 0 aliphatic carbocycles. The Morgan fingerprint density at radius 3 is 2.48 bits per heavy atom. The molecule has 0 unspecified atom stereocenters. The van der Waals surface area contributed by atoms with Crippen molar-refractivity contribution in [3.63, 3.8) is 0 Å². The molecule has 0 saturated carbocycles. The fourth-order valence-corrected chi connectivity index (χ4v) is 2.99.